The van der Waals surface area contributed by atoms with E-state index in [0.29, 0.717) is 6.54 Å². The molecule has 1 N–H and O–H groups in total. The molecule has 2 amide bonds. The second-order valence-corrected chi connectivity index (χ2v) is 10.0. The topological polar surface area (TPSA) is 66.8 Å². The molecule has 1 aromatic heterocycles. The number of hydrogen-bond acceptors (Lipinski definition) is 4. The number of anilines is 2. The van der Waals surface area contributed by atoms with Crippen molar-refractivity contribution in [2.75, 3.05) is 29.9 Å². The van der Waals surface area contributed by atoms with Crippen LogP contribution in [0.1, 0.15) is 38.4 Å². The van der Waals surface area contributed by atoms with Gasteiger partial charge in [-0.3, -0.25) is 14.6 Å². The van der Waals surface area contributed by atoms with Crippen LogP contribution in [-0.4, -0.2) is 47.1 Å². The minimum Gasteiger partial charge on any atom is -0.441 e. The second kappa shape index (κ2) is 9.56. The molecule has 0 radical (unpaired) electrons. The van der Waals surface area contributed by atoms with Crippen molar-refractivity contribution >= 4 is 45.2 Å². The Morgan fingerprint density at radius 1 is 0.973 bits per heavy atom. The Morgan fingerprint density at radius 2 is 1.70 bits per heavy atom. The van der Waals surface area contributed by atoms with Gasteiger partial charge in [-0.15, -0.1) is 0 Å². The van der Waals surface area contributed by atoms with Gasteiger partial charge in [0.15, 0.2) is 0 Å². The second-order valence-electron chi connectivity index (χ2n) is 10.0. The molecule has 0 saturated carbocycles. The van der Waals surface area contributed by atoms with Crippen LogP contribution in [0.2, 0.25) is 0 Å². The summed E-state index contributed by atoms with van der Waals surface area (Å²) in [4.78, 5) is 29.7. The van der Waals surface area contributed by atoms with E-state index in [2.05, 4.69) is 58.1 Å². The summed E-state index contributed by atoms with van der Waals surface area (Å²) >= 11 is 0. The van der Waals surface area contributed by atoms with Crippen LogP contribution >= 0.6 is 0 Å². The summed E-state index contributed by atoms with van der Waals surface area (Å²) in [5, 5.41) is 5.45. The Labute approximate surface area is 216 Å². The molecule has 1 unspecified atom stereocenters. The lowest BCUT2D eigenvalue weighted by atomic mass is 9.99. The first kappa shape index (κ1) is 23.6. The molecule has 190 valence electrons. The third kappa shape index (κ3) is 4.23. The van der Waals surface area contributed by atoms with Gasteiger partial charge in [-0.1, -0.05) is 36.4 Å². The van der Waals surface area contributed by atoms with Crippen LogP contribution in [0.15, 0.2) is 66.7 Å². The van der Waals surface area contributed by atoms with Crippen molar-refractivity contribution < 1.29 is 14.3 Å². The minimum atomic E-state index is -0.276. The number of benzene rings is 3. The van der Waals surface area contributed by atoms with E-state index in [1.807, 2.05) is 42.2 Å². The van der Waals surface area contributed by atoms with E-state index in [9.17, 15) is 9.59 Å². The highest BCUT2D eigenvalue weighted by Gasteiger charge is 2.36. The molecular formula is C30H32N4O3. The summed E-state index contributed by atoms with van der Waals surface area (Å²) in [7, 11) is 0. The first-order chi connectivity index (χ1) is 18.0. The number of fused-ring (bicyclic) bond motifs is 4. The van der Waals surface area contributed by atoms with Gasteiger partial charge in [0.1, 0.15) is 6.10 Å². The molecule has 6 rings (SSSR count). The molecule has 37 heavy (non-hydrogen) atoms. The SMILES string of the molecule is CCn1c2ccccc2c2cc(NC(=O)CN3CCC(N4C(=O)OC(C)c5ccccc54)CC3)ccc21. The van der Waals surface area contributed by atoms with Gasteiger partial charge in [0.2, 0.25) is 5.91 Å². The van der Waals surface area contributed by atoms with Gasteiger partial charge in [0.05, 0.1) is 12.2 Å². The summed E-state index contributed by atoms with van der Waals surface area (Å²) in [5.74, 6) is -0.0198. The minimum absolute atomic E-state index is 0.0198. The van der Waals surface area contributed by atoms with Crippen LogP contribution < -0.4 is 10.2 Å². The van der Waals surface area contributed by atoms with Gasteiger partial charge >= 0.3 is 6.09 Å². The maximum atomic E-state index is 12.9. The molecule has 7 heteroatoms. The number of carbonyl (C=O) groups excluding carboxylic acids is 2. The van der Waals surface area contributed by atoms with E-state index < -0.39 is 0 Å². The zero-order valence-corrected chi connectivity index (χ0v) is 21.3. The highest BCUT2D eigenvalue weighted by molar-refractivity contribution is 6.09. The molecule has 1 fully saturated rings. The lowest BCUT2D eigenvalue weighted by Gasteiger charge is -2.41. The molecule has 0 bridgehead atoms. The Bertz CT molecular complexity index is 1490. The maximum Gasteiger partial charge on any atom is 0.415 e. The van der Waals surface area contributed by atoms with E-state index in [4.69, 9.17) is 4.74 Å². The predicted octanol–water partition coefficient (Wildman–Crippen LogP) is 5.94. The number of rotatable bonds is 5. The molecule has 4 aromatic rings. The van der Waals surface area contributed by atoms with Crippen LogP contribution in [0.3, 0.4) is 0 Å². The van der Waals surface area contributed by atoms with Crippen LogP contribution in [0, 0.1) is 0 Å². The number of nitrogens with one attached hydrogen (secondary N) is 1. The van der Waals surface area contributed by atoms with Crippen LogP contribution in [0.25, 0.3) is 21.8 Å². The van der Waals surface area contributed by atoms with Gasteiger partial charge in [-0.05, 0) is 57.0 Å². The van der Waals surface area contributed by atoms with Crippen LogP contribution in [0.4, 0.5) is 16.2 Å². The van der Waals surface area contributed by atoms with Crippen molar-refractivity contribution in [2.45, 2.75) is 45.4 Å². The maximum absolute atomic E-state index is 12.9. The van der Waals surface area contributed by atoms with Crippen molar-refractivity contribution in [3.8, 4) is 0 Å². The summed E-state index contributed by atoms with van der Waals surface area (Å²) < 4.78 is 7.91. The fourth-order valence-electron chi connectivity index (χ4n) is 5.98. The third-order valence-electron chi connectivity index (χ3n) is 7.77. The summed E-state index contributed by atoms with van der Waals surface area (Å²) in [5.41, 5.74) is 5.19. The monoisotopic (exact) mass is 496 g/mol. The normalized spacial score (nSPS) is 18.7. The predicted molar refractivity (Wildman–Crippen MR) is 147 cm³/mol. The molecule has 2 aliphatic heterocycles. The number of ether oxygens (including phenoxy) is 1. The Hall–Kier alpha value is -3.84. The number of carbonyl (C=O) groups is 2. The van der Waals surface area contributed by atoms with Crippen molar-refractivity contribution in [3.63, 3.8) is 0 Å². The van der Waals surface area contributed by atoms with Gasteiger partial charge in [-0.2, -0.15) is 0 Å². The summed E-state index contributed by atoms with van der Waals surface area (Å²) in [6.45, 7) is 6.79. The number of likely N-dealkylation sites (tertiary alicyclic amines) is 1. The number of piperidine rings is 1. The van der Waals surface area contributed by atoms with Crippen molar-refractivity contribution in [1.82, 2.24) is 9.47 Å². The molecule has 3 heterocycles. The van der Waals surface area contributed by atoms with Crippen LogP contribution in [0.5, 0.6) is 0 Å². The zero-order chi connectivity index (χ0) is 25.5. The molecular weight excluding hydrogens is 464 g/mol. The molecule has 0 spiro atoms. The van der Waals surface area contributed by atoms with Crippen molar-refractivity contribution in [3.05, 3.63) is 72.3 Å². The number of nitrogens with zero attached hydrogens (tertiary/aromatic N) is 3. The standard InChI is InChI=1S/C30H32N4O3/c1-3-33-26-10-6-5-9-24(26)25-18-21(12-13-27(25)33)31-29(35)19-32-16-14-22(15-17-32)34-28-11-7-4-8-23(28)20(2)37-30(34)36/h4-13,18,20,22H,3,14-17,19H2,1-2H3,(H,31,35). The molecule has 0 aliphatic carbocycles. The third-order valence-corrected chi connectivity index (χ3v) is 7.77. The molecule has 7 nitrogen and oxygen atoms in total. The number of cyclic esters (lactones) is 1. The van der Waals surface area contributed by atoms with Crippen molar-refractivity contribution in [1.29, 1.82) is 0 Å². The number of aryl methyl sites for hydroxylation is 1. The first-order valence-electron chi connectivity index (χ1n) is 13.2. The van der Waals surface area contributed by atoms with Gasteiger partial charge in [-0.25, -0.2) is 4.79 Å². The highest BCUT2D eigenvalue weighted by atomic mass is 16.6. The highest BCUT2D eigenvalue weighted by Crippen LogP contribution is 2.37. The Balaban J connectivity index is 1.11. The fourth-order valence-corrected chi connectivity index (χ4v) is 5.98. The average Bonchev–Trinajstić information content (AvgIpc) is 3.22. The van der Waals surface area contributed by atoms with Crippen LogP contribution in [-0.2, 0) is 16.1 Å². The largest absolute Gasteiger partial charge is 0.441 e. The molecule has 2 aliphatic rings. The Kier molecular flexibility index (Phi) is 6.08. The Morgan fingerprint density at radius 3 is 2.51 bits per heavy atom. The van der Waals surface area contributed by atoms with E-state index >= 15 is 0 Å². The van der Waals surface area contributed by atoms with Gasteiger partial charge in [0.25, 0.3) is 0 Å². The summed E-state index contributed by atoms with van der Waals surface area (Å²) in [6, 6.07) is 22.6. The molecule has 3 aromatic carbocycles. The van der Waals surface area contributed by atoms with Gasteiger partial charge in [0, 0.05) is 58.7 Å². The van der Waals surface area contributed by atoms with E-state index in [1.54, 1.807) is 0 Å². The van der Waals surface area contributed by atoms with E-state index in [1.165, 1.54) is 16.4 Å². The quantitative estimate of drug-likeness (QED) is 0.372. The van der Waals surface area contributed by atoms with E-state index in [0.717, 1.165) is 54.8 Å². The number of para-hydroxylation sites is 2. The molecule has 1 saturated heterocycles. The lowest BCUT2D eigenvalue weighted by molar-refractivity contribution is -0.117. The van der Waals surface area contributed by atoms with Crippen molar-refractivity contribution in [2.24, 2.45) is 0 Å². The number of hydrogen-bond donors (Lipinski definition) is 1. The smallest absolute Gasteiger partial charge is 0.415 e. The van der Waals surface area contributed by atoms with E-state index in [-0.39, 0.29) is 24.1 Å². The lowest BCUT2D eigenvalue weighted by Crippen LogP contribution is -2.50. The summed E-state index contributed by atoms with van der Waals surface area (Å²) in [6.07, 6.45) is 1.09. The average molecular weight is 497 g/mol. The number of aromatic nitrogens is 1. The fraction of sp³-hybridized carbons (Fsp3) is 0.333. The zero-order valence-electron chi connectivity index (χ0n) is 21.3. The number of amides is 2. The van der Waals surface area contributed by atoms with Gasteiger partial charge < -0.3 is 14.6 Å². The molecule has 1 atom stereocenters. The first-order valence-corrected chi connectivity index (χ1v) is 13.2.